The van der Waals surface area contributed by atoms with Crippen molar-refractivity contribution in [1.29, 1.82) is 0 Å². The fourth-order valence-corrected chi connectivity index (χ4v) is 4.19. The molecule has 1 fully saturated rings. The Bertz CT molecular complexity index is 842. The lowest BCUT2D eigenvalue weighted by molar-refractivity contribution is -0.140. The lowest BCUT2D eigenvalue weighted by Crippen LogP contribution is -2.49. The Morgan fingerprint density at radius 1 is 1.07 bits per heavy atom. The number of nitrogens with zero attached hydrogens (tertiary/aromatic N) is 2. The molecule has 0 radical (unpaired) electrons. The van der Waals surface area contributed by atoms with E-state index < -0.39 is 11.9 Å². The SMILES string of the molecule is COCCCN1C(=O)c2ccc(C(=O)OCC(=O)N3[C@H](C)CCC[C@@H]3C)cc2C1=O. The summed E-state index contributed by atoms with van der Waals surface area (Å²) in [6.45, 7) is 4.34. The predicted molar refractivity (Wildman–Crippen MR) is 108 cm³/mol. The molecule has 0 aliphatic carbocycles. The lowest BCUT2D eigenvalue weighted by Gasteiger charge is -2.38. The van der Waals surface area contributed by atoms with Gasteiger partial charge in [0, 0.05) is 32.3 Å². The maximum atomic E-state index is 12.6. The molecular weight excluding hydrogens is 388 g/mol. The summed E-state index contributed by atoms with van der Waals surface area (Å²) in [6.07, 6.45) is 3.49. The molecule has 0 saturated carbocycles. The van der Waals surface area contributed by atoms with E-state index in [-0.39, 0.29) is 53.7 Å². The second-order valence-electron chi connectivity index (χ2n) is 7.87. The predicted octanol–water partition coefficient (Wildman–Crippen LogP) is 2.27. The highest BCUT2D eigenvalue weighted by Gasteiger charge is 2.36. The summed E-state index contributed by atoms with van der Waals surface area (Å²) in [4.78, 5) is 52.9. The van der Waals surface area contributed by atoms with Gasteiger partial charge in [0.2, 0.25) is 0 Å². The maximum Gasteiger partial charge on any atom is 0.338 e. The van der Waals surface area contributed by atoms with Gasteiger partial charge in [-0.2, -0.15) is 0 Å². The molecule has 0 aromatic heterocycles. The molecule has 0 N–H and O–H groups in total. The number of hydrogen-bond donors (Lipinski definition) is 0. The van der Waals surface area contributed by atoms with Gasteiger partial charge in [-0.1, -0.05) is 0 Å². The minimum Gasteiger partial charge on any atom is -0.452 e. The fourth-order valence-electron chi connectivity index (χ4n) is 4.19. The van der Waals surface area contributed by atoms with Gasteiger partial charge >= 0.3 is 5.97 Å². The summed E-state index contributed by atoms with van der Waals surface area (Å²) in [5, 5.41) is 0. The third-order valence-corrected chi connectivity index (χ3v) is 5.74. The van der Waals surface area contributed by atoms with Crippen molar-refractivity contribution < 1.29 is 28.7 Å². The quantitative estimate of drug-likeness (QED) is 0.385. The van der Waals surface area contributed by atoms with Crippen LogP contribution in [0, 0.1) is 0 Å². The van der Waals surface area contributed by atoms with Crippen LogP contribution in [0.25, 0.3) is 0 Å². The number of piperidine rings is 1. The number of amides is 3. The lowest BCUT2D eigenvalue weighted by atomic mass is 9.97. The van der Waals surface area contributed by atoms with Gasteiger partial charge in [0.1, 0.15) is 0 Å². The first kappa shape index (κ1) is 22.0. The van der Waals surface area contributed by atoms with Crippen LogP contribution in [0.2, 0.25) is 0 Å². The molecule has 8 heteroatoms. The topological polar surface area (TPSA) is 93.2 Å². The number of methoxy groups -OCH3 is 1. The molecule has 0 unspecified atom stereocenters. The van der Waals surface area contributed by atoms with Crippen LogP contribution in [0.1, 0.15) is 70.6 Å². The normalized spacial score (nSPS) is 21.0. The van der Waals surface area contributed by atoms with Gasteiger partial charge in [0.25, 0.3) is 17.7 Å². The molecule has 30 heavy (non-hydrogen) atoms. The number of benzene rings is 1. The first-order valence-corrected chi connectivity index (χ1v) is 10.3. The number of imide groups is 1. The van der Waals surface area contributed by atoms with Gasteiger partial charge in [-0.05, 0) is 57.7 Å². The van der Waals surface area contributed by atoms with E-state index in [0.29, 0.717) is 13.0 Å². The van der Waals surface area contributed by atoms with E-state index >= 15 is 0 Å². The van der Waals surface area contributed by atoms with Crippen LogP contribution in [0.3, 0.4) is 0 Å². The smallest absolute Gasteiger partial charge is 0.338 e. The van der Waals surface area contributed by atoms with Crippen molar-refractivity contribution >= 4 is 23.7 Å². The Hall–Kier alpha value is -2.74. The third kappa shape index (κ3) is 4.38. The van der Waals surface area contributed by atoms with Gasteiger partial charge in [0.05, 0.1) is 16.7 Å². The van der Waals surface area contributed by atoms with E-state index in [1.165, 1.54) is 18.2 Å². The van der Waals surface area contributed by atoms with E-state index in [0.717, 1.165) is 24.2 Å². The van der Waals surface area contributed by atoms with E-state index in [2.05, 4.69) is 0 Å². The fraction of sp³-hybridized carbons (Fsp3) is 0.545. The summed E-state index contributed by atoms with van der Waals surface area (Å²) >= 11 is 0. The Morgan fingerprint density at radius 3 is 2.40 bits per heavy atom. The van der Waals surface area contributed by atoms with Crippen LogP contribution in [-0.4, -0.2) is 72.4 Å². The molecule has 2 heterocycles. The zero-order chi connectivity index (χ0) is 21.8. The van der Waals surface area contributed by atoms with Crippen molar-refractivity contribution in [3.05, 3.63) is 34.9 Å². The van der Waals surface area contributed by atoms with Gasteiger partial charge in [-0.25, -0.2) is 4.79 Å². The molecule has 3 amide bonds. The highest BCUT2D eigenvalue weighted by molar-refractivity contribution is 6.22. The molecule has 162 valence electrons. The summed E-state index contributed by atoms with van der Waals surface area (Å²) in [6, 6.07) is 4.51. The molecule has 2 aliphatic heterocycles. The maximum absolute atomic E-state index is 12.6. The molecule has 2 aliphatic rings. The number of ether oxygens (including phenoxy) is 2. The third-order valence-electron chi connectivity index (χ3n) is 5.74. The largest absolute Gasteiger partial charge is 0.452 e. The Morgan fingerprint density at radius 2 is 1.73 bits per heavy atom. The number of esters is 1. The Labute approximate surface area is 176 Å². The number of carbonyl (C=O) groups is 4. The molecule has 3 rings (SSSR count). The Kier molecular flexibility index (Phi) is 6.87. The van der Waals surface area contributed by atoms with Crippen LogP contribution in [0.4, 0.5) is 0 Å². The zero-order valence-electron chi connectivity index (χ0n) is 17.7. The van der Waals surface area contributed by atoms with Gasteiger partial charge < -0.3 is 14.4 Å². The van der Waals surface area contributed by atoms with Crippen molar-refractivity contribution in [2.24, 2.45) is 0 Å². The number of rotatable bonds is 7. The minimum absolute atomic E-state index is 0.118. The van der Waals surface area contributed by atoms with Crippen molar-refractivity contribution in [2.75, 3.05) is 26.9 Å². The number of fused-ring (bicyclic) bond motifs is 1. The Balaban J connectivity index is 1.64. The standard InChI is InChI=1S/C22H28N2O6/c1-14-6-4-7-15(2)24(14)19(25)13-30-22(28)16-8-9-17-18(12-16)21(27)23(20(17)26)10-5-11-29-3/h8-9,12,14-15H,4-7,10-11,13H2,1-3H3/t14-,15+. The average Bonchev–Trinajstić information content (AvgIpc) is 2.96. The van der Waals surface area contributed by atoms with Crippen LogP contribution in [0.5, 0.6) is 0 Å². The number of likely N-dealkylation sites (tertiary alicyclic amines) is 1. The van der Waals surface area contributed by atoms with Crippen molar-refractivity contribution in [3.63, 3.8) is 0 Å². The second kappa shape index (κ2) is 9.38. The summed E-state index contributed by atoms with van der Waals surface area (Å²) in [5.74, 6) is -1.73. The van der Waals surface area contributed by atoms with Crippen LogP contribution >= 0.6 is 0 Å². The first-order valence-electron chi connectivity index (χ1n) is 10.3. The molecule has 0 bridgehead atoms. The van der Waals surface area contributed by atoms with Crippen LogP contribution in [-0.2, 0) is 14.3 Å². The van der Waals surface area contributed by atoms with Crippen molar-refractivity contribution in [1.82, 2.24) is 9.80 Å². The molecule has 8 nitrogen and oxygen atoms in total. The highest BCUT2D eigenvalue weighted by Crippen LogP contribution is 2.25. The molecule has 0 spiro atoms. The molecule has 1 aromatic rings. The van der Waals surface area contributed by atoms with Gasteiger partial charge in [-0.15, -0.1) is 0 Å². The van der Waals surface area contributed by atoms with Crippen LogP contribution < -0.4 is 0 Å². The monoisotopic (exact) mass is 416 g/mol. The van der Waals surface area contributed by atoms with E-state index in [9.17, 15) is 19.2 Å². The summed E-state index contributed by atoms with van der Waals surface area (Å²) in [7, 11) is 1.55. The molecular formula is C22H28N2O6. The zero-order valence-corrected chi connectivity index (χ0v) is 17.7. The van der Waals surface area contributed by atoms with E-state index in [1.54, 1.807) is 12.0 Å². The average molecular weight is 416 g/mol. The van der Waals surface area contributed by atoms with Crippen molar-refractivity contribution in [2.45, 2.75) is 51.6 Å². The number of carbonyl (C=O) groups excluding carboxylic acids is 4. The molecule has 1 aromatic carbocycles. The van der Waals surface area contributed by atoms with E-state index in [4.69, 9.17) is 9.47 Å². The molecule has 2 atom stereocenters. The first-order chi connectivity index (χ1) is 14.3. The minimum atomic E-state index is -0.693. The second-order valence-corrected chi connectivity index (χ2v) is 7.87. The van der Waals surface area contributed by atoms with Crippen LogP contribution in [0.15, 0.2) is 18.2 Å². The van der Waals surface area contributed by atoms with Gasteiger partial charge in [-0.3, -0.25) is 19.3 Å². The summed E-state index contributed by atoms with van der Waals surface area (Å²) < 4.78 is 10.2. The van der Waals surface area contributed by atoms with Gasteiger partial charge in [0.15, 0.2) is 6.61 Å². The number of hydrogen-bond acceptors (Lipinski definition) is 6. The molecule has 1 saturated heterocycles. The van der Waals surface area contributed by atoms with Crippen molar-refractivity contribution in [3.8, 4) is 0 Å². The summed E-state index contributed by atoms with van der Waals surface area (Å²) in [5.41, 5.74) is 0.582. The highest BCUT2D eigenvalue weighted by atomic mass is 16.5. The van der Waals surface area contributed by atoms with E-state index in [1.807, 2.05) is 13.8 Å².